The number of aryl methyl sites for hydroxylation is 1. The number of halogens is 1. The number of nitrogens with zero attached hydrogens (tertiary/aromatic N) is 6. The van der Waals surface area contributed by atoms with Crippen molar-refractivity contribution in [2.24, 2.45) is 5.92 Å². The van der Waals surface area contributed by atoms with Gasteiger partial charge in [0.25, 0.3) is 5.56 Å². The summed E-state index contributed by atoms with van der Waals surface area (Å²) in [5.74, 6) is 1.20. The van der Waals surface area contributed by atoms with Gasteiger partial charge in [-0.05, 0) is 37.8 Å². The first kappa shape index (κ1) is 20.7. The predicted octanol–water partition coefficient (Wildman–Crippen LogP) is 2.46. The van der Waals surface area contributed by atoms with Crippen LogP contribution in [0.5, 0.6) is 0 Å². The lowest BCUT2D eigenvalue weighted by Gasteiger charge is -2.23. The lowest BCUT2D eigenvalue weighted by atomic mass is 10.1. The van der Waals surface area contributed by atoms with Crippen LogP contribution in [0.2, 0.25) is 5.02 Å². The minimum atomic E-state index is -0.476. The molecule has 4 aromatic rings. The van der Waals surface area contributed by atoms with Gasteiger partial charge in [0.05, 0.1) is 22.5 Å². The standard InChI is InChI=1S/C21H19ClN10O/c1-9-8-26-31-18(9)32-19(28-14-11(7-23)3-2-4-12(14)20(32)33)15(10-5-6-10)27-17-13(22)16(24)29-21(25)30-17/h2-4,8,10,15H,5-6H2,1H3,(H,26,31)(H5,24,25,27,29,30)/t15-/m0/s1. The predicted molar refractivity (Wildman–Crippen MR) is 124 cm³/mol. The molecule has 33 heavy (non-hydrogen) atoms. The summed E-state index contributed by atoms with van der Waals surface area (Å²) in [5.41, 5.74) is 12.7. The molecule has 1 atom stereocenters. The van der Waals surface area contributed by atoms with Gasteiger partial charge in [0.15, 0.2) is 11.6 Å². The zero-order valence-corrected chi connectivity index (χ0v) is 18.3. The molecule has 5 rings (SSSR count). The van der Waals surface area contributed by atoms with Crippen molar-refractivity contribution in [2.45, 2.75) is 25.8 Å². The smallest absolute Gasteiger partial charge is 0.267 e. The number of benzene rings is 1. The van der Waals surface area contributed by atoms with Crippen molar-refractivity contribution in [2.75, 3.05) is 16.8 Å². The van der Waals surface area contributed by atoms with Gasteiger partial charge < -0.3 is 16.8 Å². The van der Waals surface area contributed by atoms with E-state index in [1.807, 2.05) is 6.92 Å². The average molecular weight is 463 g/mol. The van der Waals surface area contributed by atoms with Crippen LogP contribution in [0.4, 0.5) is 17.6 Å². The number of para-hydroxylation sites is 1. The SMILES string of the molecule is Cc1c[nH]nc1-n1c([C@@H](Nc2nc(N)nc(N)c2Cl)C2CC2)nc2c(C#N)cccc2c1=O. The average Bonchev–Trinajstić information content (AvgIpc) is 3.55. The summed E-state index contributed by atoms with van der Waals surface area (Å²) in [4.78, 5) is 26.6. The van der Waals surface area contributed by atoms with Crippen molar-refractivity contribution in [1.82, 2.24) is 29.7 Å². The minimum Gasteiger partial charge on any atom is -0.382 e. The van der Waals surface area contributed by atoms with Gasteiger partial charge in [0.1, 0.15) is 22.7 Å². The molecule has 1 fully saturated rings. The minimum absolute atomic E-state index is 0.0345. The molecular formula is C21H19ClN10O. The molecule has 0 radical (unpaired) electrons. The molecule has 0 bridgehead atoms. The van der Waals surface area contributed by atoms with Gasteiger partial charge in [-0.3, -0.25) is 9.89 Å². The number of H-pyrrole nitrogens is 1. The summed E-state index contributed by atoms with van der Waals surface area (Å²) in [6.07, 6.45) is 3.50. The highest BCUT2D eigenvalue weighted by Crippen LogP contribution is 2.43. The van der Waals surface area contributed by atoms with Crippen LogP contribution in [0, 0.1) is 24.2 Å². The molecule has 1 saturated carbocycles. The van der Waals surface area contributed by atoms with Crippen LogP contribution >= 0.6 is 11.6 Å². The molecule has 11 nitrogen and oxygen atoms in total. The Hall–Kier alpha value is -4.17. The van der Waals surface area contributed by atoms with E-state index in [1.165, 1.54) is 4.57 Å². The fourth-order valence-electron chi connectivity index (χ4n) is 3.85. The summed E-state index contributed by atoms with van der Waals surface area (Å²) in [7, 11) is 0. The fourth-order valence-corrected chi connectivity index (χ4v) is 3.99. The number of aromatic amines is 1. The van der Waals surface area contributed by atoms with Gasteiger partial charge in [-0.25, -0.2) is 9.55 Å². The van der Waals surface area contributed by atoms with Crippen LogP contribution in [0.3, 0.4) is 0 Å². The Labute approximate surface area is 192 Å². The van der Waals surface area contributed by atoms with Crippen LogP contribution in [0.25, 0.3) is 16.7 Å². The maximum atomic E-state index is 13.7. The van der Waals surface area contributed by atoms with Gasteiger partial charge in [0.2, 0.25) is 5.95 Å². The number of nitriles is 1. The van der Waals surface area contributed by atoms with Gasteiger partial charge in [-0.15, -0.1) is 0 Å². The van der Waals surface area contributed by atoms with Crippen LogP contribution in [0.15, 0.2) is 29.2 Å². The first-order chi connectivity index (χ1) is 15.9. The molecular weight excluding hydrogens is 444 g/mol. The zero-order chi connectivity index (χ0) is 23.3. The number of hydrogen-bond acceptors (Lipinski definition) is 9. The summed E-state index contributed by atoms with van der Waals surface area (Å²) in [5, 5.41) is 20.4. The Bertz CT molecular complexity index is 1500. The molecule has 6 N–H and O–H groups in total. The van der Waals surface area contributed by atoms with Gasteiger partial charge in [-0.2, -0.15) is 20.3 Å². The monoisotopic (exact) mass is 462 g/mol. The number of aromatic nitrogens is 6. The highest BCUT2D eigenvalue weighted by molar-refractivity contribution is 6.35. The molecule has 3 heterocycles. The maximum absolute atomic E-state index is 13.7. The first-order valence-electron chi connectivity index (χ1n) is 10.2. The van der Waals surface area contributed by atoms with E-state index in [-0.39, 0.29) is 34.1 Å². The fraction of sp³-hybridized carbons (Fsp3) is 0.238. The maximum Gasteiger partial charge on any atom is 0.267 e. The summed E-state index contributed by atoms with van der Waals surface area (Å²) in [6, 6.07) is 6.58. The van der Waals surface area contributed by atoms with Gasteiger partial charge >= 0.3 is 0 Å². The Morgan fingerprint density at radius 3 is 2.76 bits per heavy atom. The number of rotatable bonds is 5. The van der Waals surface area contributed by atoms with Crippen molar-refractivity contribution >= 4 is 40.1 Å². The van der Waals surface area contributed by atoms with Crippen molar-refractivity contribution in [3.8, 4) is 11.9 Å². The molecule has 166 valence electrons. The number of fused-ring (bicyclic) bond motifs is 1. The van der Waals surface area contributed by atoms with E-state index in [2.05, 4.69) is 31.6 Å². The van der Waals surface area contributed by atoms with Crippen LogP contribution in [0.1, 0.15) is 35.8 Å². The molecule has 0 unspecified atom stereocenters. The second-order valence-corrected chi connectivity index (χ2v) is 8.28. The van der Waals surface area contributed by atoms with Crippen molar-refractivity contribution in [3.05, 3.63) is 56.7 Å². The molecule has 0 saturated heterocycles. The normalized spacial score (nSPS) is 14.2. The van der Waals surface area contributed by atoms with Gasteiger partial charge in [-0.1, -0.05) is 17.7 Å². The number of anilines is 3. The van der Waals surface area contributed by atoms with E-state index in [1.54, 1.807) is 24.4 Å². The zero-order valence-electron chi connectivity index (χ0n) is 17.5. The third-order valence-electron chi connectivity index (χ3n) is 5.62. The largest absolute Gasteiger partial charge is 0.382 e. The van der Waals surface area contributed by atoms with E-state index >= 15 is 0 Å². The summed E-state index contributed by atoms with van der Waals surface area (Å²) < 4.78 is 1.47. The van der Waals surface area contributed by atoms with Crippen molar-refractivity contribution in [1.29, 1.82) is 5.26 Å². The number of nitrogen functional groups attached to an aromatic ring is 2. The molecule has 0 amide bonds. The van der Waals surface area contributed by atoms with Crippen LogP contribution in [-0.4, -0.2) is 29.7 Å². The quantitative estimate of drug-likeness (QED) is 0.346. The summed E-state index contributed by atoms with van der Waals surface area (Å²) in [6.45, 7) is 1.84. The Balaban J connectivity index is 1.79. The lowest BCUT2D eigenvalue weighted by molar-refractivity contribution is 0.605. The third-order valence-corrected chi connectivity index (χ3v) is 5.99. The van der Waals surface area contributed by atoms with E-state index < -0.39 is 6.04 Å². The van der Waals surface area contributed by atoms with E-state index in [4.69, 9.17) is 28.1 Å². The summed E-state index contributed by atoms with van der Waals surface area (Å²) >= 11 is 6.34. The van der Waals surface area contributed by atoms with Crippen molar-refractivity contribution < 1.29 is 0 Å². The van der Waals surface area contributed by atoms with E-state index in [0.29, 0.717) is 28.1 Å². The molecule has 1 aliphatic carbocycles. The van der Waals surface area contributed by atoms with E-state index in [0.717, 1.165) is 18.4 Å². The molecule has 0 aliphatic heterocycles. The number of hydrogen-bond donors (Lipinski definition) is 4. The highest BCUT2D eigenvalue weighted by atomic mass is 35.5. The molecule has 1 aliphatic rings. The van der Waals surface area contributed by atoms with E-state index in [9.17, 15) is 10.1 Å². The highest BCUT2D eigenvalue weighted by Gasteiger charge is 2.37. The van der Waals surface area contributed by atoms with Crippen LogP contribution in [-0.2, 0) is 0 Å². The first-order valence-corrected chi connectivity index (χ1v) is 10.6. The lowest BCUT2D eigenvalue weighted by Crippen LogP contribution is -2.30. The number of nitrogens with two attached hydrogens (primary N) is 2. The van der Waals surface area contributed by atoms with Gasteiger partial charge in [0, 0.05) is 11.8 Å². The molecule has 1 aromatic carbocycles. The van der Waals surface area contributed by atoms with Crippen molar-refractivity contribution in [3.63, 3.8) is 0 Å². The number of nitrogens with one attached hydrogen (secondary N) is 2. The van der Waals surface area contributed by atoms with Crippen LogP contribution < -0.4 is 22.3 Å². The Morgan fingerprint density at radius 2 is 2.09 bits per heavy atom. The second-order valence-electron chi connectivity index (χ2n) is 7.91. The second kappa shape index (κ2) is 7.75. The third kappa shape index (κ3) is 3.50. The Morgan fingerprint density at radius 1 is 1.30 bits per heavy atom. The molecule has 12 heteroatoms. The topological polar surface area (TPSA) is 177 Å². The molecule has 0 spiro atoms. The Kier molecular flexibility index (Phi) is 4.87. The molecule has 3 aromatic heterocycles.